The first-order valence-corrected chi connectivity index (χ1v) is 14.0. The molecule has 0 spiro atoms. The summed E-state index contributed by atoms with van der Waals surface area (Å²) in [7, 11) is 0. The molecule has 0 aromatic heterocycles. The van der Waals surface area contributed by atoms with E-state index in [1.165, 1.54) is 0 Å². The largest absolute Gasteiger partial charge is 0.489 e. The van der Waals surface area contributed by atoms with Crippen molar-refractivity contribution < 1.29 is 33.7 Å². The van der Waals surface area contributed by atoms with E-state index < -0.39 is 17.9 Å². The van der Waals surface area contributed by atoms with Crippen molar-refractivity contribution in [3.63, 3.8) is 0 Å². The van der Waals surface area contributed by atoms with Crippen LogP contribution in [-0.2, 0) is 29.3 Å². The molecule has 7 nitrogen and oxygen atoms in total. The molecule has 1 N–H and O–H groups in total. The predicted octanol–water partition coefficient (Wildman–Crippen LogP) is 7.65. The zero-order chi connectivity index (χ0) is 30.9. The van der Waals surface area contributed by atoms with Gasteiger partial charge in [0.25, 0.3) is 0 Å². The number of aryl methyl sites for hydroxylation is 1. The Hall–Kier alpha value is -5.69. The van der Waals surface area contributed by atoms with E-state index in [0.717, 1.165) is 22.3 Å². The van der Waals surface area contributed by atoms with E-state index in [1.807, 2.05) is 61.5 Å². The lowest BCUT2D eigenvalue weighted by Gasteiger charge is -2.14. The molecule has 0 saturated carbocycles. The number of benzene rings is 5. The van der Waals surface area contributed by atoms with Gasteiger partial charge in [-0.15, -0.1) is 0 Å². The maximum absolute atomic E-state index is 12.6. The fourth-order valence-electron chi connectivity index (χ4n) is 4.69. The SMILES string of the molecule is Cc1cc(C(=O)O)ccc1-c1cccc(OCc2ccc(COC(=O)c3ccccc3)c(COC(=O)c3ccccc3)c2)c1. The Morgan fingerprint density at radius 2 is 1.23 bits per heavy atom. The standard InChI is InChI=1S/C37H30O7/c1-25-19-30(35(38)39)17-18-34(25)29-13-8-14-33(21-29)42-22-26-15-16-31(23-43-36(40)27-9-4-2-5-10-27)32(20-26)24-44-37(41)28-11-6-3-7-12-28/h2-21H,22-24H2,1H3,(H,38,39). The van der Waals surface area contributed by atoms with Gasteiger partial charge in [-0.05, 0) is 94.9 Å². The number of aromatic carboxylic acids is 1. The number of carboxylic acid groups (broad SMARTS) is 1. The van der Waals surface area contributed by atoms with Gasteiger partial charge in [-0.25, -0.2) is 14.4 Å². The molecule has 0 amide bonds. The van der Waals surface area contributed by atoms with Gasteiger partial charge in [0, 0.05) is 0 Å². The summed E-state index contributed by atoms with van der Waals surface area (Å²) in [4.78, 5) is 36.5. The summed E-state index contributed by atoms with van der Waals surface area (Å²) in [5.74, 6) is -1.23. The molecule has 0 atom stereocenters. The first-order chi connectivity index (χ1) is 21.4. The normalized spacial score (nSPS) is 10.6. The number of hydrogen-bond donors (Lipinski definition) is 1. The molecular weight excluding hydrogens is 556 g/mol. The quantitative estimate of drug-likeness (QED) is 0.159. The highest BCUT2D eigenvalue weighted by atomic mass is 16.5. The lowest BCUT2D eigenvalue weighted by Crippen LogP contribution is -2.10. The van der Waals surface area contributed by atoms with Crippen LogP contribution in [0.3, 0.4) is 0 Å². The third-order valence-corrected chi connectivity index (χ3v) is 7.03. The molecule has 7 heteroatoms. The maximum Gasteiger partial charge on any atom is 0.338 e. The Bertz CT molecular complexity index is 1780. The summed E-state index contributed by atoms with van der Waals surface area (Å²) < 4.78 is 17.3. The minimum Gasteiger partial charge on any atom is -0.489 e. The second-order valence-corrected chi connectivity index (χ2v) is 10.1. The van der Waals surface area contributed by atoms with Gasteiger partial charge in [-0.1, -0.05) is 66.7 Å². The Morgan fingerprint density at radius 1 is 0.591 bits per heavy atom. The van der Waals surface area contributed by atoms with Gasteiger partial charge in [0.1, 0.15) is 25.6 Å². The van der Waals surface area contributed by atoms with Crippen LogP contribution in [0.2, 0.25) is 0 Å². The number of ether oxygens (including phenoxy) is 3. The van der Waals surface area contributed by atoms with E-state index in [0.29, 0.717) is 28.0 Å². The number of esters is 2. The number of rotatable bonds is 11. The summed E-state index contributed by atoms with van der Waals surface area (Å²) in [6.07, 6.45) is 0. The topological polar surface area (TPSA) is 99.1 Å². The van der Waals surface area contributed by atoms with Crippen LogP contribution in [0.4, 0.5) is 0 Å². The molecule has 5 aromatic carbocycles. The zero-order valence-corrected chi connectivity index (χ0v) is 24.1. The molecule has 0 aliphatic heterocycles. The van der Waals surface area contributed by atoms with Crippen LogP contribution in [0.25, 0.3) is 11.1 Å². The van der Waals surface area contributed by atoms with Gasteiger partial charge in [0.2, 0.25) is 0 Å². The summed E-state index contributed by atoms with van der Waals surface area (Å²) in [5.41, 5.74) is 6.03. The van der Waals surface area contributed by atoms with Crippen molar-refractivity contribution in [2.45, 2.75) is 26.7 Å². The van der Waals surface area contributed by atoms with Crippen LogP contribution >= 0.6 is 0 Å². The number of hydrogen-bond acceptors (Lipinski definition) is 6. The van der Waals surface area contributed by atoms with Crippen LogP contribution in [-0.4, -0.2) is 23.0 Å². The molecule has 0 unspecified atom stereocenters. The van der Waals surface area contributed by atoms with Crippen molar-refractivity contribution in [3.8, 4) is 16.9 Å². The average Bonchev–Trinajstić information content (AvgIpc) is 3.06. The second kappa shape index (κ2) is 14.0. The molecule has 220 valence electrons. The Kier molecular flexibility index (Phi) is 9.47. The third-order valence-electron chi connectivity index (χ3n) is 7.03. The lowest BCUT2D eigenvalue weighted by molar-refractivity contribution is 0.0435. The van der Waals surface area contributed by atoms with Crippen LogP contribution < -0.4 is 4.74 Å². The van der Waals surface area contributed by atoms with Crippen molar-refractivity contribution in [2.24, 2.45) is 0 Å². The van der Waals surface area contributed by atoms with Gasteiger partial charge < -0.3 is 19.3 Å². The molecule has 5 rings (SSSR count). The minimum absolute atomic E-state index is 0.00908. The van der Waals surface area contributed by atoms with Crippen molar-refractivity contribution in [1.29, 1.82) is 0 Å². The molecule has 0 aliphatic rings. The molecule has 0 saturated heterocycles. The molecule has 0 aliphatic carbocycles. The number of carboxylic acids is 1. The number of carbonyl (C=O) groups is 3. The molecule has 5 aromatic rings. The molecule has 0 fully saturated rings. The molecular formula is C37H30O7. The minimum atomic E-state index is -0.966. The highest BCUT2D eigenvalue weighted by Gasteiger charge is 2.14. The van der Waals surface area contributed by atoms with Gasteiger partial charge in [-0.3, -0.25) is 0 Å². The first kappa shape index (κ1) is 29.8. The highest BCUT2D eigenvalue weighted by Crippen LogP contribution is 2.28. The summed E-state index contributed by atoms with van der Waals surface area (Å²) in [6, 6.07) is 35.7. The van der Waals surface area contributed by atoms with Crippen LogP contribution in [0.15, 0.2) is 121 Å². The smallest absolute Gasteiger partial charge is 0.338 e. The van der Waals surface area contributed by atoms with Crippen LogP contribution in [0, 0.1) is 6.92 Å². The fourth-order valence-corrected chi connectivity index (χ4v) is 4.69. The van der Waals surface area contributed by atoms with Crippen LogP contribution in [0.5, 0.6) is 5.75 Å². The van der Waals surface area contributed by atoms with Gasteiger partial charge in [0.05, 0.1) is 16.7 Å². The Morgan fingerprint density at radius 3 is 1.84 bits per heavy atom. The molecule has 0 heterocycles. The zero-order valence-electron chi connectivity index (χ0n) is 24.1. The Balaban J connectivity index is 1.31. The average molecular weight is 587 g/mol. The highest BCUT2D eigenvalue weighted by molar-refractivity contribution is 5.90. The third kappa shape index (κ3) is 7.57. The van der Waals surface area contributed by atoms with Crippen LogP contribution in [0.1, 0.15) is 53.3 Å². The van der Waals surface area contributed by atoms with Crippen molar-refractivity contribution in [1.82, 2.24) is 0 Å². The van der Waals surface area contributed by atoms with E-state index in [1.54, 1.807) is 66.7 Å². The summed E-state index contributed by atoms with van der Waals surface area (Å²) in [5, 5.41) is 9.28. The van der Waals surface area contributed by atoms with Crippen molar-refractivity contribution in [3.05, 3.63) is 160 Å². The van der Waals surface area contributed by atoms with E-state index in [-0.39, 0.29) is 25.4 Å². The Labute approximate surface area is 255 Å². The summed E-state index contributed by atoms with van der Waals surface area (Å²) in [6.45, 7) is 2.11. The van der Waals surface area contributed by atoms with Crippen molar-refractivity contribution in [2.75, 3.05) is 0 Å². The maximum atomic E-state index is 12.6. The molecule has 0 bridgehead atoms. The van der Waals surface area contributed by atoms with Gasteiger partial charge in [-0.2, -0.15) is 0 Å². The first-order valence-electron chi connectivity index (χ1n) is 14.0. The van der Waals surface area contributed by atoms with Gasteiger partial charge >= 0.3 is 17.9 Å². The summed E-state index contributed by atoms with van der Waals surface area (Å²) >= 11 is 0. The predicted molar refractivity (Wildman–Crippen MR) is 165 cm³/mol. The monoisotopic (exact) mass is 586 g/mol. The van der Waals surface area contributed by atoms with E-state index in [4.69, 9.17) is 14.2 Å². The lowest BCUT2D eigenvalue weighted by atomic mass is 9.98. The fraction of sp³-hybridized carbons (Fsp3) is 0.108. The second-order valence-electron chi connectivity index (χ2n) is 10.1. The van der Waals surface area contributed by atoms with E-state index in [2.05, 4.69) is 0 Å². The van der Waals surface area contributed by atoms with Gasteiger partial charge in [0.15, 0.2) is 0 Å². The van der Waals surface area contributed by atoms with E-state index >= 15 is 0 Å². The number of carbonyl (C=O) groups excluding carboxylic acids is 2. The molecule has 44 heavy (non-hydrogen) atoms. The van der Waals surface area contributed by atoms with E-state index in [9.17, 15) is 19.5 Å². The van der Waals surface area contributed by atoms with Crippen molar-refractivity contribution >= 4 is 17.9 Å². The molecule has 0 radical (unpaired) electrons.